The van der Waals surface area contributed by atoms with Gasteiger partial charge in [-0.3, -0.25) is 4.79 Å². The van der Waals surface area contributed by atoms with Crippen LogP contribution in [0.3, 0.4) is 0 Å². The van der Waals surface area contributed by atoms with Crippen LogP contribution in [0.2, 0.25) is 5.02 Å². The molecule has 1 atom stereocenters. The number of fused-ring (bicyclic) bond motifs is 3. The van der Waals surface area contributed by atoms with E-state index in [1.807, 2.05) is 38.1 Å². The molecule has 1 aliphatic rings. The Morgan fingerprint density at radius 1 is 1.10 bits per heavy atom. The van der Waals surface area contributed by atoms with Gasteiger partial charge in [-0.2, -0.15) is 0 Å². The van der Waals surface area contributed by atoms with E-state index in [1.54, 1.807) is 29.2 Å². The van der Waals surface area contributed by atoms with Gasteiger partial charge in [-0.1, -0.05) is 69.6 Å². The number of carbonyl (C=O) groups is 2. The van der Waals surface area contributed by atoms with Crippen LogP contribution in [0.5, 0.6) is 0 Å². The Balaban J connectivity index is 2.03. The van der Waals surface area contributed by atoms with E-state index >= 15 is 0 Å². The summed E-state index contributed by atoms with van der Waals surface area (Å²) in [6.45, 7) is 8.24. The van der Waals surface area contributed by atoms with Crippen molar-refractivity contribution in [2.45, 2.75) is 39.2 Å². The van der Waals surface area contributed by atoms with E-state index in [4.69, 9.17) is 11.6 Å². The van der Waals surface area contributed by atoms with Crippen LogP contribution in [0.25, 0.3) is 16.5 Å². The number of halogens is 1. The number of amides is 1. The van der Waals surface area contributed by atoms with Gasteiger partial charge in [0.05, 0.1) is 21.9 Å². The molecule has 2 heterocycles. The molecule has 0 saturated heterocycles. The second-order valence-corrected chi connectivity index (χ2v) is 9.28. The van der Waals surface area contributed by atoms with Crippen LogP contribution < -0.4 is 0 Å². The number of carbonyl (C=O) groups excluding carboxylic acids is 1. The van der Waals surface area contributed by atoms with Gasteiger partial charge in [-0.15, -0.1) is 0 Å². The van der Waals surface area contributed by atoms with E-state index in [9.17, 15) is 14.7 Å². The number of carboxylic acids is 1. The summed E-state index contributed by atoms with van der Waals surface area (Å²) in [5.74, 6) is -1.36. The van der Waals surface area contributed by atoms with Gasteiger partial charge in [0, 0.05) is 28.6 Å². The summed E-state index contributed by atoms with van der Waals surface area (Å²) < 4.78 is 0. The second kappa shape index (κ2) is 7.57. The first-order chi connectivity index (χ1) is 14.6. The predicted octanol–water partition coefficient (Wildman–Crippen LogP) is 5.71. The smallest absolute Gasteiger partial charge is 0.339 e. The Bertz CT molecular complexity index is 1220. The number of rotatable bonds is 3. The number of aromatic nitrogens is 1. The van der Waals surface area contributed by atoms with E-state index in [0.29, 0.717) is 16.3 Å². The molecule has 2 N–H and O–H groups in total. The summed E-state index contributed by atoms with van der Waals surface area (Å²) in [5, 5.41) is 11.4. The Kier molecular flexibility index (Phi) is 5.18. The van der Waals surface area contributed by atoms with Crippen molar-refractivity contribution in [1.29, 1.82) is 0 Å². The Hall–Kier alpha value is -3.05. The topological polar surface area (TPSA) is 73.4 Å². The molecule has 1 unspecified atom stereocenters. The average molecular weight is 437 g/mol. The summed E-state index contributed by atoms with van der Waals surface area (Å²) in [6, 6.07) is 14.4. The van der Waals surface area contributed by atoms with E-state index in [0.717, 1.165) is 16.5 Å². The fourth-order valence-electron chi connectivity index (χ4n) is 5.07. The van der Waals surface area contributed by atoms with Crippen molar-refractivity contribution >= 4 is 40.0 Å². The fraction of sp³-hybridized carbons (Fsp3) is 0.280. The Morgan fingerprint density at radius 2 is 1.74 bits per heavy atom. The molecule has 31 heavy (non-hydrogen) atoms. The molecule has 0 saturated carbocycles. The minimum absolute atomic E-state index is 0.0485. The van der Waals surface area contributed by atoms with Crippen molar-refractivity contribution in [1.82, 2.24) is 9.88 Å². The molecule has 0 fully saturated rings. The lowest BCUT2D eigenvalue weighted by molar-refractivity contribution is -0.130. The van der Waals surface area contributed by atoms with Crippen LogP contribution >= 0.6 is 11.6 Å². The molecule has 0 aliphatic carbocycles. The highest BCUT2D eigenvalue weighted by molar-refractivity contribution is 6.34. The van der Waals surface area contributed by atoms with Crippen LogP contribution in [0.1, 0.15) is 49.3 Å². The number of hydrogen-bond acceptors (Lipinski definition) is 2. The lowest BCUT2D eigenvalue weighted by Gasteiger charge is -2.42. The van der Waals surface area contributed by atoms with Crippen molar-refractivity contribution in [3.8, 4) is 0 Å². The summed E-state index contributed by atoms with van der Waals surface area (Å²) in [6.07, 6.45) is 1.47. The summed E-state index contributed by atoms with van der Waals surface area (Å²) in [7, 11) is 0. The van der Waals surface area contributed by atoms with Gasteiger partial charge in [0.15, 0.2) is 0 Å². The molecule has 0 radical (unpaired) electrons. The Morgan fingerprint density at radius 3 is 2.39 bits per heavy atom. The molecular weight excluding hydrogens is 412 g/mol. The maximum atomic E-state index is 13.7. The van der Waals surface area contributed by atoms with Crippen molar-refractivity contribution < 1.29 is 14.7 Å². The van der Waals surface area contributed by atoms with Crippen LogP contribution in [0, 0.1) is 5.92 Å². The third-order valence-corrected chi connectivity index (χ3v) is 6.46. The third kappa shape index (κ3) is 3.33. The number of aromatic amines is 1. The molecule has 3 aromatic rings. The normalized spacial score (nSPS) is 17.9. The molecule has 1 aliphatic heterocycles. The zero-order chi connectivity index (χ0) is 22.5. The van der Waals surface area contributed by atoms with E-state index in [-0.39, 0.29) is 23.4 Å². The van der Waals surface area contributed by atoms with Gasteiger partial charge in [0.2, 0.25) is 0 Å². The second-order valence-electron chi connectivity index (χ2n) is 8.87. The maximum absolute atomic E-state index is 13.7. The SMILES string of the molecule is CC(C)C1N(C(=O)c2ccccc2Cl)C=C(C(=O)O)c2[nH]c3ccccc3c2C1(C)C. The number of hydrogen-bond donors (Lipinski definition) is 2. The first-order valence-corrected chi connectivity index (χ1v) is 10.7. The van der Waals surface area contributed by atoms with Gasteiger partial charge in [-0.25, -0.2) is 4.79 Å². The average Bonchev–Trinajstić information content (AvgIpc) is 3.05. The van der Waals surface area contributed by atoms with Gasteiger partial charge in [0.1, 0.15) is 0 Å². The molecule has 1 amide bonds. The quantitative estimate of drug-likeness (QED) is 0.552. The number of benzene rings is 2. The highest BCUT2D eigenvalue weighted by Crippen LogP contribution is 2.45. The van der Waals surface area contributed by atoms with Crippen molar-refractivity contribution in [2.75, 3.05) is 0 Å². The van der Waals surface area contributed by atoms with Gasteiger partial charge < -0.3 is 15.0 Å². The molecule has 6 heteroatoms. The van der Waals surface area contributed by atoms with Crippen molar-refractivity contribution in [3.63, 3.8) is 0 Å². The van der Waals surface area contributed by atoms with Crippen molar-refractivity contribution in [2.24, 2.45) is 5.92 Å². The standard InChI is InChI=1S/C25H25ClN2O3/c1-14(2)22-25(3,4)20-16-10-6-8-12-19(16)27-21(20)17(24(30)31)13-28(22)23(29)15-9-5-7-11-18(15)26/h5-14,22,27H,1-4H3,(H,30,31). The number of nitrogens with one attached hydrogen (secondary N) is 1. The first-order valence-electron chi connectivity index (χ1n) is 10.3. The summed E-state index contributed by atoms with van der Waals surface area (Å²) in [4.78, 5) is 30.9. The zero-order valence-electron chi connectivity index (χ0n) is 17.9. The number of H-pyrrole nitrogens is 1. The third-order valence-electron chi connectivity index (χ3n) is 6.13. The monoisotopic (exact) mass is 436 g/mol. The number of nitrogens with zero attached hydrogens (tertiary/aromatic N) is 1. The molecule has 0 bridgehead atoms. The Labute approximate surface area is 186 Å². The number of aliphatic carboxylic acids is 1. The van der Waals surface area contributed by atoms with Crippen molar-refractivity contribution in [3.05, 3.63) is 76.6 Å². The fourth-order valence-corrected chi connectivity index (χ4v) is 5.28. The first kappa shape index (κ1) is 21.2. The summed E-state index contributed by atoms with van der Waals surface area (Å²) in [5.41, 5.74) is 2.18. The van der Waals surface area contributed by atoms with Gasteiger partial charge in [-0.05, 0) is 29.7 Å². The zero-order valence-corrected chi connectivity index (χ0v) is 18.7. The molecule has 5 nitrogen and oxygen atoms in total. The predicted molar refractivity (Wildman–Crippen MR) is 123 cm³/mol. The highest BCUT2D eigenvalue weighted by atomic mass is 35.5. The lowest BCUT2D eigenvalue weighted by atomic mass is 9.71. The van der Waals surface area contributed by atoms with Gasteiger partial charge >= 0.3 is 5.97 Å². The molecule has 1 aromatic heterocycles. The highest BCUT2D eigenvalue weighted by Gasteiger charge is 2.45. The van der Waals surface area contributed by atoms with E-state index < -0.39 is 11.4 Å². The van der Waals surface area contributed by atoms with Crippen LogP contribution in [-0.4, -0.2) is 32.9 Å². The summed E-state index contributed by atoms with van der Waals surface area (Å²) >= 11 is 6.33. The molecule has 0 spiro atoms. The maximum Gasteiger partial charge on any atom is 0.339 e. The van der Waals surface area contributed by atoms with E-state index in [2.05, 4.69) is 18.8 Å². The number of para-hydroxylation sites is 1. The van der Waals surface area contributed by atoms with Crippen LogP contribution in [0.4, 0.5) is 0 Å². The van der Waals surface area contributed by atoms with E-state index in [1.165, 1.54) is 6.20 Å². The molecule has 160 valence electrons. The van der Waals surface area contributed by atoms with Gasteiger partial charge in [0.25, 0.3) is 5.91 Å². The minimum Gasteiger partial charge on any atom is -0.478 e. The molecular formula is C25H25ClN2O3. The largest absolute Gasteiger partial charge is 0.478 e. The molecule has 4 rings (SSSR count). The van der Waals surface area contributed by atoms with Crippen LogP contribution in [-0.2, 0) is 10.2 Å². The van der Waals surface area contributed by atoms with Crippen LogP contribution in [0.15, 0.2) is 54.7 Å². The molecule has 2 aromatic carbocycles. The minimum atomic E-state index is -1.09. The lowest BCUT2D eigenvalue weighted by Crippen LogP contribution is -2.50. The number of carboxylic acid groups (broad SMARTS) is 1.